The maximum atomic E-state index is 13.0. The molecule has 1 N–H and O–H groups in total. The van der Waals surface area contributed by atoms with Gasteiger partial charge < -0.3 is 9.88 Å². The van der Waals surface area contributed by atoms with Crippen molar-refractivity contribution in [3.8, 4) is 0 Å². The van der Waals surface area contributed by atoms with Crippen LogP contribution >= 0.6 is 0 Å². The molecular weight excluding hydrogens is 424 g/mol. The summed E-state index contributed by atoms with van der Waals surface area (Å²) in [6.07, 6.45) is 2.81. The molecule has 1 fully saturated rings. The number of aryl methyl sites for hydroxylation is 1. The molecule has 1 aliphatic heterocycles. The Morgan fingerprint density at radius 2 is 1.88 bits per heavy atom. The highest BCUT2D eigenvalue weighted by Gasteiger charge is 2.31. The number of piperidine rings is 1. The van der Waals surface area contributed by atoms with Crippen LogP contribution in [0.1, 0.15) is 62.3 Å². The van der Waals surface area contributed by atoms with Crippen molar-refractivity contribution >= 4 is 27.0 Å². The average Bonchev–Trinajstić information content (AvgIpc) is 3.18. The first-order valence-electron chi connectivity index (χ1n) is 11.2. The highest BCUT2D eigenvalue weighted by molar-refractivity contribution is 7.89. The number of benzene rings is 2. The van der Waals surface area contributed by atoms with Gasteiger partial charge in [-0.15, -0.1) is 0 Å². The average molecular weight is 455 g/mol. The van der Waals surface area contributed by atoms with E-state index in [9.17, 15) is 13.2 Å². The summed E-state index contributed by atoms with van der Waals surface area (Å²) in [5.74, 6) is 0.530. The van der Waals surface area contributed by atoms with Gasteiger partial charge >= 0.3 is 0 Å². The number of nitrogens with one attached hydrogen (secondary N) is 1. The van der Waals surface area contributed by atoms with Crippen LogP contribution in [0.15, 0.2) is 53.4 Å². The standard InChI is InChI=1S/C24H30N4O3S/c1-4-27-22-11-6-5-10-21(22)26-23(27)18(3)25-24(29)19-12-14-20(15-13-19)32(30,31)28-16-8-7-9-17(28)2/h5-6,10-15,17-18H,4,7-9,16H2,1-3H3,(H,25,29)/t17-,18-/m0/s1. The Kier molecular flexibility index (Phi) is 6.35. The lowest BCUT2D eigenvalue weighted by atomic mass is 10.1. The Balaban J connectivity index is 1.51. The largest absolute Gasteiger partial charge is 0.342 e. The zero-order chi connectivity index (χ0) is 22.9. The number of carbonyl (C=O) groups is 1. The molecule has 1 aromatic heterocycles. The highest BCUT2D eigenvalue weighted by Crippen LogP contribution is 2.26. The maximum Gasteiger partial charge on any atom is 0.251 e. The minimum atomic E-state index is -3.56. The van der Waals surface area contributed by atoms with E-state index in [0.717, 1.165) is 42.7 Å². The minimum absolute atomic E-state index is 0.00426. The van der Waals surface area contributed by atoms with Crippen LogP contribution in [0.3, 0.4) is 0 Å². The smallest absolute Gasteiger partial charge is 0.251 e. The molecule has 1 amide bonds. The number of fused-ring (bicyclic) bond motifs is 1. The van der Waals surface area contributed by atoms with E-state index in [1.54, 1.807) is 16.4 Å². The summed E-state index contributed by atoms with van der Waals surface area (Å²) in [5.41, 5.74) is 2.35. The van der Waals surface area contributed by atoms with Gasteiger partial charge in [0.25, 0.3) is 5.91 Å². The summed E-state index contributed by atoms with van der Waals surface area (Å²) in [4.78, 5) is 17.8. The number of hydrogen-bond acceptors (Lipinski definition) is 4. The molecular formula is C24H30N4O3S. The van der Waals surface area contributed by atoms with Crippen molar-refractivity contribution in [2.45, 2.75) is 63.6 Å². The summed E-state index contributed by atoms with van der Waals surface area (Å²) in [6, 6.07) is 13.8. The van der Waals surface area contributed by atoms with Crippen molar-refractivity contribution in [2.24, 2.45) is 0 Å². The zero-order valence-electron chi connectivity index (χ0n) is 18.8. The monoisotopic (exact) mass is 454 g/mol. The van der Waals surface area contributed by atoms with Crippen molar-refractivity contribution in [1.29, 1.82) is 0 Å². The first kappa shape index (κ1) is 22.5. The third-order valence-corrected chi connectivity index (χ3v) is 8.23. The predicted molar refractivity (Wildman–Crippen MR) is 125 cm³/mol. The van der Waals surface area contributed by atoms with Gasteiger partial charge in [-0.1, -0.05) is 18.6 Å². The van der Waals surface area contributed by atoms with E-state index in [1.165, 1.54) is 12.1 Å². The second-order valence-corrected chi connectivity index (χ2v) is 10.3. The van der Waals surface area contributed by atoms with Crippen molar-refractivity contribution in [1.82, 2.24) is 19.2 Å². The SMILES string of the molecule is CCn1c([C@H](C)NC(=O)c2ccc(S(=O)(=O)N3CCCC[C@@H]3C)cc2)nc2ccccc21. The van der Waals surface area contributed by atoms with Gasteiger partial charge in [-0.3, -0.25) is 4.79 Å². The number of nitrogens with zero attached hydrogens (tertiary/aromatic N) is 3. The van der Waals surface area contributed by atoms with Crippen LogP contribution in [0.5, 0.6) is 0 Å². The van der Waals surface area contributed by atoms with Crippen LogP contribution in [-0.2, 0) is 16.6 Å². The minimum Gasteiger partial charge on any atom is -0.342 e. The van der Waals surface area contributed by atoms with Crippen LogP contribution in [0.2, 0.25) is 0 Å². The molecule has 170 valence electrons. The molecule has 8 heteroatoms. The quantitative estimate of drug-likeness (QED) is 0.607. The number of para-hydroxylation sites is 2. The molecule has 0 unspecified atom stereocenters. The van der Waals surface area contributed by atoms with E-state index in [4.69, 9.17) is 4.98 Å². The van der Waals surface area contributed by atoms with E-state index < -0.39 is 10.0 Å². The summed E-state index contributed by atoms with van der Waals surface area (Å²) in [5, 5.41) is 2.99. The molecule has 1 saturated heterocycles. The second-order valence-electron chi connectivity index (χ2n) is 8.38. The molecule has 7 nitrogen and oxygen atoms in total. The van der Waals surface area contributed by atoms with Gasteiger partial charge in [-0.05, 0) is 70.0 Å². The summed E-state index contributed by atoms with van der Waals surface area (Å²) < 4.78 is 29.7. The lowest BCUT2D eigenvalue weighted by Crippen LogP contribution is -2.41. The molecule has 2 aromatic carbocycles. The molecule has 1 aliphatic rings. The van der Waals surface area contributed by atoms with Gasteiger partial charge in [0.2, 0.25) is 10.0 Å². The Hall–Kier alpha value is -2.71. The number of hydrogen-bond donors (Lipinski definition) is 1. The van der Waals surface area contributed by atoms with Crippen LogP contribution in [0.4, 0.5) is 0 Å². The van der Waals surface area contributed by atoms with E-state index in [2.05, 4.69) is 16.8 Å². The number of imidazole rings is 1. The Morgan fingerprint density at radius 1 is 1.16 bits per heavy atom. The number of aromatic nitrogens is 2. The molecule has 0 radical (unpaired) electrons. The summed E-state index contributed by atoms with van der Waals surface area (Å²) in [6.45, 7) is 7.19. The fourth-order valence-electron chi connectivity index (χ4n) is 4.44. The molecule has 0 aliphatic carbocycles. The highest BCUT2D eigenvalue weighted by atomic mass is 32.2. The molecule has 32 heavy (non-hydrogen) atoms. The van der Waals surface area contributed by atoms with Crippen LogP contribution in [-0.4, -0.2) is 40.8 Å². The second kappa shape index (κ2) is 9.03. The first-order chi connectivity index (χ1) is 15.3. The van der Waals surface area contributed by atoms with Crippen LogP contribution in [0.25, 0.3) is 11.0 Å². The predicted octanol–water partition coefficient (Wildman–Crippen LogP) is 4.11. The Bertz CT molecular complexity index is 1220. The Morgan fingerprint density at radius 3 is 2.56 bits per heavy atom. The normalized spacial score (nSPS) is 18.5. The van der Waals surface area contributed by atoms with Gasteiger partial charge in [0.05, 0.1) is 22.0 Å². The molecule has 4 rings (SSSR count). The van der Waals surface area contributed by atoms with Gasteiger partial charge in [-0.25, -0.2) is 13.4 Å². The van der Waals surface area contributed by atoms with Crippen LogP contribution in [0, 0.1) is 0 Å². The third kappa shape index (κ3) is 4.17. The van der Waals surface area contributed by atoms with Crippen LogP contribution < -0.4 is 5.32 Å². The zero-order valence-corrected chi connectivity index (χ0v) is 19.6. The molecule has 2 heterocycles. The van der Waals surface area contributed by atoms with E-state index in [1.807, 2.05) is 38.1 Å². The molecule has 0 spiro atoms. The number of amides is 1. The number of carbonyl (C=O) groups excluding carboxylic acids is 1. The number of rotatable bonds is 6. The van der Waals surface area contributed by atoms with E-state index >= 15 is 0 Å². The lowest BCUT2D eigenvalue weighted by Gasteiger charge is -2.32. The van der Waals surface area contributed by atoms with Crippen molar-refractivity contribution < 1.29 is 13.2 Å². The molecule has 0 saturated carbocycles. The molecule has 2 atom stereocenters. The topological polar surface area (TPSA) is 84.3 Å². The van der Waals surface area contributed by atoms with Gasteiger partial charge in [-0.2, -0.15) is 4.31 Å². The van der Waals surface area contributed by atoms with Gasteiger partial charge in [0, 0.05) is 24.7 Å². The van der Waals surface area contributed by atoms with Crippen molar-refractivity contribution in [3.63, 3.8) is 0 Å². The van der Waals surface area contributed by atoms with Gasteiger partial charge in [0.15, 0.2) is 0 Å². The fourth-order valence-corrected chi connectivity index (χ4v) is 6.14. The lowest BCUT2D eigenvalue weighted by molar-refractivity contribution is 0.0937. The summed E-state index contributed by atoms with van der Waals surface area (Å²) >= 11 is 0. The molecule has 0 bridgehead atoms. The first-order valence-corrected chi connectivity index (χ1v) is 12.6. The Labute approximate surface area is 189 Å². The third-order valence-electron chi connectivity index (χ3n) is 6.20. The van der Waals surface area contributed by atoms with E-state index in [-0.39, 0.29) is 22.9 Å². The van der Waals surface area contributed by atoms with Gasteiger partial charge in [0.1, 0.15) is 5.82 Å². The fraction of sp³-hybridized carbons (Fsp3) is 0.417. The van der Waals surface area contributed by atoms with Crippen molar-refractivity contribution in [3.05, 3.63) is 59.9 Å². The van der Waals surface area contributed by atoms with Crippen molar-refractivity contribution in [2.75, 3.05) is 6.54 Å². The summed E-state index contributed by atoms with van der Waals surface area (Å²) in [7, 11) is -3.56. The van der Waals surface area contributed by atoms with E-state index in [0.29, 0.717) is 12.1 Å². The number of sulfonamides is 1. The maximum absolute atomic E-state index is 13.0. The molecule has 3 aromatic rings.